The van der Waals surface area contributed by atoms with Crippen molar-refractivity contribution < 1.29 is 0 Å². The fraction of sp³-hybridized carbons (Fsp3) is 0.200. The topological polar surface area (TPSA) is 0 Å². The minimum atomic E-state index is 0.775. The Hall–Kier alpha value is 0.279. The van der Waals surface area contributed by atoms with E-state index in [-0.39, 0.29) is 0 Å². The molecule has 0 amide bonds. The molecule has 1 aliphatic rings. The molecule has 0 aromatic heterocycles. The van der Waals surface area contributed by atoms with Crippen molar-refractivity contribution in [2.75, 3.05) is 0 Å². The molecule has 0 N–H and O–H groups in total. The van der Waals surface area contributed by atoms with E-state index in [1.54, 1.807) is 22.5 Å². The first-order valence-corrected chi connectivity index (χ1v) is 3.60. The first kappa shape index (κ1) is 4.44. The maximum absolute atomic E-state index is 2.21. The Morgan fingerprint density at radius 3 is 1.83 bits per heavy atom. The van der Waals surface area contributed by atoms with Crippen molar-refractivity contribution in [2.45, 2.75) is 3.93 Å². The fourth-order valence-corrected chi connectivity index (χ4v) is 1.07. The molecule has 0 saturated carbocycles. The summed E-state index contributed by atoms with van der Waals surface area (Å²) in [4.78, 5) is 0. The van der Waals surface area contributed by atoms with Crippen molar-refractivity contribution in [3.63, 3.8) is 0 Å². The molecule has 0 heterocycles. The average Bonchev–Trinajstić information content (AvgIpc) is 1.86. The van der Waals surface area contributed by atoms with Gasteiger partial charge in [0.15, 0.2) is 0 Å². The van der Waals surface area contributed by atoms with Crippen LogP contribution in [0.15, 0.2) is 24.3 Å². The second-order valence-electron chi connectivity index (χ2n) is 1.30. The third-order valence-electron chi connectivity index (χ3n) is 0.748. The van der Waals surface area contributed by atoms with Crippen LogP contribution in [-0.2, 0) is 0 Å². The van der Waals surface area contributed by atoms with Gasteiger partial charge >= 0.3 is 50.8 Å². The van der Waals surface area contributed by atoms with Crippen molar-refractivity contribution in [3.05, 3.63) is 24.3 Å². The van der Waals surface area contributed by atoms with Gasteiger partial charge in [-0.05, 0) is 0 Å². The SMILES string of the molecule is [Sn+][CH]1C=CC=C1. The van der Waals surface area contributed by atoms with Crippen molar-refractivity contribution in [2.24, 2.45) is 0 Å². The van der Waals surface area contributed by atoms with E-state index in [1.165, 1.54) is 0 Å². The Bertz CT molecular complexity index is 80.1. The Morgan fingerprint density at radius 2 is 1.67 bits per heavy atom. The van der Waals surface area contributed by atoms with Crippen LogP contribution in [0.4, 0.5) is 0 Å². The zero-order valence-electron chi connectivity index (χ0n) is 3.39. The summed E-state index contributed by atoms with van der Waals surface area (Å²) in [7, 11) is 0. The van der Waals surface area contributed by atoms with Gasteiger partial charge in [0.25, 0.3) is 0 Å². The monoisotopic (exact) mass is 185 g/mol. The Balaban J connectivity index is 2.60. The summed E-state index contributed by atoms with van der Waals surface area (Å²) in [6.07, 6.45) is 8.61. The number of allylic oxidation sites excluding steroid dienone is 4. The second-order valence-corrected chi connectivity index (χ2v) is 3.20. The van der Waals surface area contributed by atoms with E-state index in [9.17, 15) is 0 Å². The van der Waals surface area contributed by atoms with E-state index in [2.05, 4.69) is 24.3 Å². The van der Waals surface area contributed by atoms with Crippen LogP contribution in [0.1, 0.15) is 0 Å². The van der Waals surface area contributed by atoms with Crippen molar-refractivity contribution in [3.8, 4) is 0 Å². The Labute approximate surface area is 51.0 Å². The zero-order chi connectivity index (χ0) is 4.41. The van der Waals surface area contributed by atoms with E-state index < -0.39 is 0 Å². The van der Waals surface area contributed by atoms with E-state index in [1.807, 2.05) is 0 Å². The molecule has 2 radical (unpaired) electrons. The number of rotatable bonds is 0. The molecule has 0 spiro atoms. The number of hydrogen-bond acceptors (Lipinski definition) is 0. The van der Waals surface area contributed by atoms with Crippen LogP contribution in [-0.4, -0.2) is 22.5 Å². The van der Waals surface area contributed by atoms with Crippen molar-refractivity contribution in [1.82, 2.24) is 0 Å². The van der Waals surface area contributed by atoms with E-state index in [4.69, 9.17) is 0 Å². The molecule has 0 nitrogen and oxygen atoms in total. The third kappa shape index (κ3) is 0.868. The summed E-state index contributed by atoms with van der Waals surface area (Å²) in [6.45, 7) is 0. The predicted octanol–water partition coefficient (Wildman–Crippen LogP) is 1.07. The van der Waals surface area contributed by atoms with Gasteiger partial charge in [-0.15, -0.1) is 0 Å². The zero-order valence-corrected chi connectivity index (χ0v) is 6.24. The molecule has 0 atom stereocenters. The Morgan fingerprint density at radius 1 is 1.17 bits per heavy atom. The summed E-state index contributed by atoms with van der Waals surface area (Å²) in [5.41, 5.74) is 0. The van der Waals surface area contributed by atoms with E-state index in [0.29, 0.717) is 0 Å². The summed E-state index contributed by atoms with van der Waals surface area (Å²) in [5, 5.41) is 0. The van der Waals surface area contributed by atoms with Gasteiger partial charge in [-0.2, -0.15) is 0 Å². The van der Waals surface area contributed by atoms with Gasteiger partial charge in [0, 0.05) is 0 Å². The van der Waals surface area contributed by atoms with Gasteiger partial charge in [0.05, 0.1) is 0 Å². The minimum absolute atomic E-state index is 0.775. The van der Waals surface area contributed by atoms with Gasteiger partial charge < -0.3 is 0 Å². The van der Waals surface area contributed by atoms with Crippen molar-refractivity contribution >= 4 is 22.5 Å². The van der Waals surface area contributed by atoms with E-state index in [0.717, 1.165) is 3.93 Å². The first-order valence-electron chi connectivity index (χ1n) is 1.96. The molecule has 0 fully saturated rings. The molecule has 28 valence electrons. The molecule has 0 aromatic rings. The molecule has 0 aromatic carbocycles. The quantitative estimate of drug-likeness (QED) is 0.493. The number of hydrogen-bond donors (Lipinski definition) is 0. The van der Waals surface area contributed by atoms with Crippen LogP contribution in [0.2, 0.25) is 3.93 Å². The predicted molar refractivity (Wildman–Crippen MR) is 27.8 cm³/mol. The molecule has 6 heavy (non-hydrogen) atoms. The molecule has 1 rings (SSSR count). The molecule has 0 bridgehead atoms. The van der Waals surface area contributed by atoms with Crippen molar-refractivity contribution in [1.29, 1.82) is 0 Å². The molecular formula is C5H5Sn+. The molecule has 0 saturated heterocycles. The second kappa shape index (κ2) is 1.82. The standard InChI is InChI=1S/C5H5.Sn/c1-2-4-5-3-1;/h1-5H;/q;+1. The van der Waals surface area contributed by atoms with Gasteiger partial charge in [-0.3, -0.25) is 0 Å². The Kier molecular flexibility index (Phi) is 1.35. The molecular weight excluding hydrogens is 179 g/mol. The van der Waals surface area contributed by atoms with Crippen LogP contribution in [0.25, 0.3) is 0 Å². The normalized spacial score (nSPS) is 20.0. The van der Waals surface area contributed by atoms with Crippen LogP contribution >= 0.6 is 0 Å². The molecule has 1 heteroatoms. The third-order valence-corrected chi connectivity index (χ3v) is 1.85. The van der Waals surface area contributed by atoms with Gasteiger partial charge in [-0.1, -0.05) is 0 Å². The van der Waals surface area contributed by atoms with Crippen LogP contribution in [0, 0.1) is 0 Å². The molecule has 1 aliphatic carbocycles. The maximum atomic E-state index is 2.21. The van der Waals surface area contributed by atoms with Gasteiger partial charge in [-0.25, -0.2) is 0 Å². The van der Waals surface area contributed by atoms with Crippen LogP contribution in [0.3, 0.4) is 0 Å². The molecule has 0 unspecified atom stereocenters. The van der Waals surface area contributed by atoms with Crippen LogP contribution in [0.5, 0.6) is 0 Å². The summed E-state index contributed by atoms with van der Waals surface area (Å²) in [5.74, 6) is 0. The fourth-order valence-electron chi connectivity index (χ4n) is 0.432. The summed E-state index contributed by atoms with van der Waals surface area (Å²) < 4.78 is 0.775. The first-order chi connectivity index (χ1) is 2.89. The average molecular weight is 184 g/mol. The van der Waals surface area contributed by atoms with E-state index >= 15 is 0 Å². The molecule has 0 aliphatic heterocycles. The van der Waals surface area contributed by atoms with Gasteiger partial charge in [0.2, 0.25) is 0 Å². The summed E-state index contributed by atoms with van der Waals surface area (Å²) in [6, 6.07) is 0. The summed E-state index contributed by atoms with van der Waals surface area (Å²) >= 11 is 1.59. The van der Waals surface area contributed by atoms with Gasteiger partial charge in [0.1, 0.15) is 0 Å². The van der Waals surface area contributed by atoms with Crippen LogP contribution < -0.4 is 0 Å².